The maximum atomic E-state index is 13.8. The third-order valence-electron chi connectivity index (χ3n) is 2.83. The van der Waals surface area contributed by atoms with Crippen LogP contribution in [-0.4, -0.2) is 19.0 Å². The zero-order valence-electron chi connectivity index (χ0n) is 11.3. The first kappa shape index (κ1) is 16.1. The predicted octanol–water partition coefficient (Wildman–Crippen LogP) is 3.77. The van der Waals surface area contributed by atoms with Gasteiger partial charge < -0.3 is 10.1 Å². The summed E-state index contributed by atoms with van der Waals surface area (Å²) in [6.45, 7) is 0. The zero-order chi connectivity index (χ0) is 16.3. The zero-order valence-corrected chi connectivity index (χ0v) is 12.9. The summed E-state index contributed by atoms with van der Waals surface area (Å²) < 4.78 is 32.2. The number of carbonyl (C=O) groups excluding carboxylic acids is 2. The average Bonchev–Trinajstić information content (AvgIpc) is 2.49. The third kappa shape index (κ3) is 3.30. The Balaban J connectivity index is 2.35. The van der Waals surface area contributed by atoms with Gasteiger partial charge in [0.15, 0.2) is 0 Å². The summed E-state index contributed by atoms with van der Waals surface area (Å²) in [6, 6.07) is 7.94. The highest BCUT2D eigenvalue weighted by Gasteiger charge is 2.18. The van der Waals surface area contributed by atoms with E-state index >= 15 is 0 Å². The molecule has 1 N–H and O–H groups in total. The fourth-order valence-electron chi connectivity index (χ4n) is 1.75. The molecular weight excluding hydrogens is 360 g/mol. The molecular formula is C15H10BrF2NO3. The van der Waals surface area contributed by atoms with Gasteiger partial charge in [-0.25, -0.2) is 13.6 Å². The van der Waals surface area contributed by atoms with Gasteiger partial charge in [-0.15, -0.1) is 0 Å². The molecule has 0 aliphatic carbocycles. The number of rotatable bonds is 3. The topological polar surface area (TPSA) is 55.4 Å². The Hall–Kier alpha value is -2.28. The molecule has 0 unspecified atom stereocenters. The van der Waals surface area contributed by atoms with Gasteiger partial charge in [0.2, 0.25) is 0 Å². The van der Waals surface area contributed by atoms with Crippen molar-refractivity contribution in [3.8, 4) is 0 Å². The fourth-order valence-corrected chi connectivity index (χ4v) is 2.21. The first-order valence-electron chi connectivity index (χ1n) is 6.07. The van der Waals surface area contributed by atoms with E-state index in [1.54, 1.807) is 18.2 Å². The summed E-state index contributed by atoms with van der Waals surface area (Å²) in [4.78, 5) is 23.5. The molecule has 0 aliphatic heterocycles. The minimum Gasteiger partial charge on any atom is -0.465 e. The minimum absolute atomic E-state index is 0.269. The van der Waals surface area contributed by atoms with Crippen LogP contribution in [0.15, 0.2) is 40.9 Å². The van der Waals surface area contributed by atoms with Crippen LogP contribution in [0.1, 0.15) is 20.7 Å². The van der Waals surface area contributed by atoms with Gasteiger partial charge in [-0.1, -0.05) is 12.1 Å². The van der Waals surface area contributed by atoms with Gasteiger partial charge in [0, 0.05) is 10.5 Å². The highest BCUT2D eigenvalue weighted by atomic mass is 79.9. The summed E-state index contributed by atoms with van der Waals surface area (Å²) in [6.07, 6.45) is 0. The maximum Gasteiger partial charge on any atom is 0.340 e. The van der Waals surface area contributed by atoms with Crippen LogP contribution >= 0.6 is 15.9 Å². The SMILES string of the molecule is COC(=O)c1cc(NC(=O)c2ccccc2Br)c(F)cc1F. The van der Waals surface area contributed by atoms with Crippen LogP contribution in [0.3, 0.4) is 0 Å². The number of hydrogen-bond donors (Lipinski definition) is 1. The van der Waals surface area contributed by atoms with E-state index in [1.165, 1.54) is 6.07 Å². The molecule has 2 rings (SSSR count). The molecule has 0 fully saturated rings. The number of hydrogen-bond acceptors (Lipinski definition) is 3. The van der Waals surface area contributed by atoms with Crippen LogP contribution in [0.2, 0.25) is 0 Å². The van der Waals surface area contributed by atoms with Gasteiger partial charge in [0.25, 0.3) is 5.91 Å². The summed E-state index contributed by atoms with van der Waals surface area (Å²) in [5.74, 6) is -3.63. The fraction of sp³-hybridized carbons (Fsp3) is 0.0667. The molecule has 0 saturated carbocycles. The molecule has 7 heteroatoms. The van der Waals surface area contributed by atoms with E-state index in [0.29, 0.717) is 10.5 Å². The van der Waals surface area contributed by atoms with Crippen molar-refractivity contribution in [3.63, 3.8) is 0 Å². The summed E-state index contributed by atoms with van der Waals surface area (Å²) in [5, 5.41) is 2.30. The number of ether oxygens (including phenoxy) is 1. The van der Waals surface area contributed by atoms with Gasteiger partial charge in [-0.05, 0) is 34.1 Å². The second-order valence-corrected chi connectivity index (χ2v) is 5.09. The number of esters is 1. The van der Waals surface area contributed by atoms with E-state index in [2.05, 4.69) is 26.0 Å². The number of methoxy groups -OCH3 is 1. The summed E-state index contributed by atoms with van der Waals surface area (Å²) in [7, 11) is 1.07. The Morgan fingerprint density at radius 2 is 1.77 bits per heavy atom. The Morgan fingerprint density at radius 3 is 2.41 bits per heavy atom. The largest absolute Gasteiger partial charge is 0.465 e. The van der Waals surface area contributed by atoms with Crippen molar-refractivity contribution in [1.29, 1.82) is 0 Å². The first-order chi connectivity index (χ1) is 10.4. The lowest BCUT2D eigenvalue weighted by Crippen LogP contribution is -2.15. The Kier molecular flexibility index (Phi) is 4.87. The van der Waals surface area contributed by atoms with Crippen molar-refractivity contribution >= 4 is 33.5 Å². The number of benzene rings is 2. The van der Waals surface area contributed by atoms with Gasteiger partial charge in [-0.2, -0.15) is 0 Å². The molecule has 0 aliphatic rings. The average molecular weight is 370 g/mol. The molecule has 2 aromatic carbocycles. The third-order valence-corrected chi connectivity index (χ3v) is 3.52. The lowest BCUT2D eigenvalue weighted by molar-refractivity contribution is 0.0595. The van der Waals surface area contributed by atoms with Gasteiger partial charge in [0.05, 0.1) is 23.9 Å². The highest BCUT2D eigenvalue weighted by molar-refractivity contribution is 9.10. The monoisotopic (exact) mass is 369 g/mol. The van der Waals surface area contributed by atoms with Crippen LogP contribution in [0.5, 0.6) is 0 Å². The van der Waals surface area contributed by atoms with Crippen LogP contribution < -0.4 is 5.32 Å². The van der Waals surface area contributed by atoms with Crippen LogP contribution in [0, 0.1) is 11.6 Å². The quantitative estimate of drug-likeness (QED) is 0.837. The van der Waals surface area contributed by atoms with Gasteiger partial charge >= 0.3 is 5.97 Å². The second-order valence-electron chi connectivity index (χ2n) is 4.24. The molecule has 0 saturated heterocycles. The van der Waals surface area contributed by atoms with Crippen molar-refractivity contribution in [2.45, 2.75) is 0 Å². The van der Waals surface area contributed by atoms with E-state index in [-0.39, 0.29) is 11.3 Å². The highest BCUT2D eigenvalue weighted by Crippen LogP contribution is 2.22. The summed E-state index contributed by atoms with van der Waals surface area (Å²) in [5.41, 5.74) is -0.514. The lowest BCUT2D eigenvalue weighted by atomic mass is 10.1. The van der Waals surface area contributed by atoms with Crippen molar-refractivity contribution in [1.82, 2.24) is 0 Å². The van der Waals surface area contributed by atoms with E-state index in [9.17, 15) is 18.4 Å². The van der Waals surface area contributed by atoms with E-state index in [0.717, 1.165) is 13.2 Å². The Labute approximate surface area is 133 Å². The molecule has 0 spiro atoms. The smallest absolute Gasteiger partial charge is 0.340 e. The molecule has 0 atom stereocenters. The first-order valence-corrected chi connectivity index (χ1v) is 6.86. The predicted molar refractivity (Wildman–Crippen MR) is 79.8 cm³/mol. The van der Waals surface area contributed by atoms with E-state index in [4.69, 9.17) is 0 Å². The maximum absolute atomic E-state index is 13.8. The van der Waals surface area contributed by atoms with Crippen molar-refractivity contribution < 1.29 is 23.1 Å². The standard InChI is InChI=1S/C15H10BrF2NO3/c1-22-15(21)9-6-13(12(18)7-11(9)17)19-14(20)8-4-2-3-5-10(8)16/h2-7H,1H3,(H,19,20). The molecule has 0 bridgehead atoms. The van der Waals surface area contributed by atoms with Crippen LogP contribution in [0.25, 0.3) is 0 Å². The van der Waals surface area contributed by atoms with Gasteiger partial charge in [-0.3, -0.25) is 4.79 Å². The Morgan fingerprint density at radius 1 is 1.09 bits per heavy atom. The van der Waals surface area contributed by atoms with Crippen LogP contribution in [-0.2, 0) is 4.74 Å². The van der Waals surface area contributed by atoms with E-state index in [1.807, 2.05) is 0 Å². The Bertz CT molecular complexity index is 750. The number of halogens is 3. The molecule has 114 valence electrons. The van der Waals surface area contributed by atoms with Crippen LogP contribution in [0.4, 0.5) is 14.5 Å². The lowest BCUT2D eigenvalue weighted by Gasteiger charge is -2.10. The number of nitrogens with one attached hydrogen (secondary N) is 1. The van der Waals surface area contributed by atoms with Gasteiger partial charge in [0.1, 0.15) is 11.6 Å². The molecule has 0 aromatic heterocycles. The van der Waals surface area contributed by atoms with Crippen molar-refractivity contribution in [3.05, 3.63) is 63.6 Å². The van der Waals surface area contributed by atoms with Crippen molar-refractivity contribution in [2.75, 3.05) is 12.4 Å². The number of anilines is 1. The van der Waals surface area contributed by atoms with E-state index < -0.39 is 29.1 Å². The molecule has 1 amide bonds. The molecule has 22 heavy (non-hydrogen) atoms. The second kappa shape index (κ2) is 6.65. The molecule has 0 radical (unpaired) electrons. The summed E-state index contributed by atoms with van der Waals surface area (Å²) >= 11 is 3.20. The number of amides is 1. The molecule has 0 heterocycles. The number of carbonyl (C=O) groups is 2. The van der Waals surface area contributed by atoms with Crippen molar-refractivity contribution in [2.24, 2.45) is 0 Å². The molecule has 2 aromatic rings. The normalized spacial score (nSPS) is 10.2. The minimum atomic E-state index is -1.07. The molecule has 4 nitrogen and oxygen atoms in total.